The molecule has 1 N–H and O–H groups in total. The number of halogens is 3. The summed E-state index contributed by atoms with van der Waals surface area (Å²) in [7, 11) is 0. The summed E-state index contributed by atoms with van der Waals surface area (Å²) >= 11 is 0. The molecule has 1 aliphatic rings. The topological polar surface area (TPSA) is 29.1 Å². The minimum atomic E-state index is -4.35. The van der Waals surface area contributed by atoms with Crippen LogP contribution in [0.25, 0.3) is 6.08 Å². The molecule has 1 amide bonds. The second-order valence-electron chi connectivity index (χ2n) is 6.20. The van der Waals surface area contributed by atoms with E-state index in [1.165, 1.54) is 17.2 Å². The first-order valence-electron chi connectivity index (χ1n) is 8.12. The van der Waals surface area contributed by atoms with E-state index < -0.39 is 6.18 Å². The molecule has 0 unspecified atom stereocenters. The number of anilines is 1. The molecule has 2 nitrogen and oxygen atoms in total. The number of fused-ring (bicyclic) bond motifs is 1. The average Bonchev–Trinajstić information content (AvgIpc) is 3.02. The normalized spacial score (nSPS) is 13.9. The Morgan fingerprint density at radius 3 is 2.68 bits per heavy atom. The molecule has 0 saturated heterocycles. The van der Waals surface area contributed by atoms with Gasteiger partial charge in [0.2, 0.25) is 0 Å². The van der Waals surface area contributed by atoms with Crippen LogP contribution in [0.5, 0.6) is 0 Å². The summed E-state index contributed by atoms with van der Waals surface area (Å²) in [5.74, 6) is -0.246. The number of nitrogens with one attached hydrogen (secondary N) is 1. The molecular weight excluding hydrogens is 327 g/mol. The quantitative estimate of drug-likeness (QED) is 0.802. The van der Waals surface area contributed by atoms with Crippen molar-refractivity contribution in [2.24, 2.45) is 0 Å². The Hall–Kier alpha value is -2.56. The van der Waals surface area contributed by atoms with E-state index in [9.17, 15) is 18.0 Å². The van der Waals surface area contributed by atoms with Crippen LogP contribution in [-0.2, 0) is 12.8 Å². The molecule has 2 aromatic rings. The summed E-state index contributed by atoms with van der Waals surface area (Å²) in [6, 6.07) is 10.5. The van der Waals surface area contributed by atoms with Crippen LogP contribution in [0.3, 0.4) is 0 Å². The maximum absolute atomic E-state index is 12.6. The molecule has 25 heavy (non-hydrogen) atoms. The third-order valence-corrected chi connectivity index (χ3v) is 4.35. The third-order valence-electron chi connectivity index (χ3n) is 4.35. The van der Waals surface area contributed by atoms with E-state index in [2.05, 4.69) is 11.4 Å². The summed E-state index contributed by atoms with van der Waals surface area (Å²) in [5.41, 5.74) is 4.77. The summed E-state index contributed by atoms with van der Waals surface area (Å²) in [4.78, 5) is 12.6. The Labute approximate surface area is 144 Å². The van der Waals surface area contributed by atoms with Crippen molar-refractivity contribution in [3.8, 4) is 0 Å². The van der Waals surface area contributed by atoms with Crippen LogP contribution in [-0.4, -0.2) is 12.1 Å². The molecule has 0 radical (unpaired) electrons. The van der Waals surface area contributed by atoms with E-state index in [0.29, 0.717) is 16.7 Å². The van der Waals surface area contributed by atoms with Crippen molar-refractivity contribution in [2.75, 3.05) is 5.32 Å². The van der Waals surface area contributed by atoms with Gasteiger partial charge in [-0.05, 0) is 60.6 Å². The van der Waals surface area contributed by atoms with E-state index in [4.69, 9.17) is 0 Å². The molecule has 0 aromatic heterocycles. The van der Waals surface area contributed by atoms with E-state index >= 15 is 0 Å². The van der Waals surface area contributed by atoms with Gasteiger partial charge < -0.3 is 5.32 Å². The van der Waals surface area contributed by atoms with Crippen molar-refractivity contribution in [3.05, 3.63) is 70.3 Å². The fraction of sp³-hybridized carbons (Fsp3) is 0.250. The number of carbonyl (C=O) groups is 1. The van der Waals surface area contributed by atoms with Gasteiger partial charge in [-0.3, -0.25) is 4.79 Å². The molecule has 0 fully saturated rings. The predicted octanol–water partition coefficient (Wildman–Crippen LogP) is 5.31. The molecule has 1 aliphatic carbocycles. The fourth-order valence-electron chi connectivity index (χ4n) is 3.16. The Bertz CT molecular complexity index is 837. The number of benzene rings is 2. The van der Waals surface area contributed by atoms with Crippen LogP contribution >= 0.6 is 0 Å². The predicted molar refractivity (Wildman–Crippen MR) is 92.7 cm³/mol. The van der Waals surface area contributed by atoms with Gasteiger partial charge in [-0.15, -0.1) is 0 Å². The Kier molecular flexibility index (Phi) is 4.66. The monoisotopic (exact) mass is 345 g/mol. The molecule has 0 saturated carbocycles. The Balaban J connectivity index is 1.79. The van der Waals surface area contributed by atoms with Gasteiger partial charge in [-0.25, -0.2) is 0 Å². The van der Waals surface area contributed by atoms with E-state index in [0.717, 1.165) is 31.0 Å². The van der Waals surface area contributed by atoms with Crippen molar-refractivity contribution in [2.45, 2.75) is 32.4 Å². The smallest absolute Gasteiger partial charge is 0.322 e. The van der Waals surface area contributed by atoms with Crippen molar-refractivity contribution in [1.82, 2.24) is 0 Å². The number of hydrogen-bond acceptors (Lipinski definition) is 1. The lowest BCUT2D eigenvalue weighted by Gasteiger charge is -2.12. The lowest BCUT2D eigenvalue weighted by atomic mass is 10.0. The molecule has 2 aromatic carbocycles. The molecular formula is C20H18F3NO. The molecule has 3 rings (SSSR count). The zero-order valence-electron chi connectivity index (χ0n) is 13.8. The van der Waals surface area contributed by atoms with Crippen molar-refractivity contribution < 1.29 is 18.0 Å². The fourth-order valence-corrected chi connectivity index (χ4v) is 3.16. The Morgan fingerprint density at radius 1 is 1.16 bits per heavy atom. The zero-order valence-corrected chi connectivity index (χ0v) is 13.8. The molecule has 0 aliphatic heterocycles. The van der Waals surface area contributed by atoms with Crippen molar-refractivity contribution in [3.63, 3.8) is 0 Å². The third kappa shape index (κ3) is 4.10. The highest BCUT2D eigenvalue weighted by Crippen LogP contribution is 2.29. The van der Waals surface area contributed by atoms with Crippen LogP contribution in [0.4, 0.5) is 18.9 Å². The lowest BCUT2D eigenvalue weighted by molar-refractivity contribution is -0.0790. The van der Waals surface area contributed by atoms with Gasteiger partial charge in [-0.2, -0.15) is 13.2 Å². The number of rotatable bonds is 3. The number of aryl methyl sites for hydroxylation is 2. The first-order valence-corrected chi connectivity index (χ1v) is 8.12. The van der Waals surface area contributed by atoms with Crippen LogP contribution in [0.1, 0.15) is 39.0 Å². The second kappa shape index (κ2) is 6.75. The highest BCUT2D eigenvalue weighted by atomic mass is 19.4. The van der Waals surface area contributed by atoms with Gasteiger partial charge >= 0.3 is 6.18 Å². The summed E-state index contributed by atoms with van der Waals surface area (Å²) in [6.07, 6.45) is -0.100. The molecule has 0 atom stereocenters. The minimum absolute atomic E-state index is 0.189. The standard InChI is InChI=1S/C20H18F3NO/c1-13-12-14(10-11-20(21,22)23)8-9-16(13)19(25)24-18-7-3-5-15-4-2-6-17(15)18/h3,5,7-12H,2,4,6H2,1H3,(H,24,25). The van der Waals surface area contributed by atoms with Crippen molar-refractivity contribution in [1.29, 1.82) is 0 Å². The molecule has 130 valence electrons. The van der Waals surface area contributed by atoms with E-state index in [1.54, 1.807) is 19.1 Å². The second-order valence-corrected chi connectivity index (χ2v) is 6.20. The number of alkyl halides is 3. The maximum Gasteiger partial charge on any atom is 0.409 e. The van der Waals surface area contributed by atoms with Crippen LogP contribution in [0.2, 0.25) is 0 Å². The average molecular weight is 345 g/mol. The zero-order chi connectivity index (χ0) is 18.0. The number of hydrogen-bond donors (Lipinski definition) is 1. The number of allylic oxidation sites excluding steroid dienone is 1. The van der Waals surface area contributed by atoms with E-state index in [-0.39, 0.29) is 12.0 Å². The van der Waals surface area contributed by atoms with Gasteiger partial charge in [0, 0.05) is 17.3 Å². The number of amides is 1. The molecule has 0 bridgehead atoms. The van der Waals surface area contributed by atoms with Crippen LogP contribution in [0.15, 0.2) is 42.5 Å². The largest absolute Gasteiger partial charge is 0.409 e. The van der Waals surface area contributed by atoms with Crippen molar-refractivity contribution >= 4 is 17.7 Å². The molecule has 5 heteroatoms. The van der Waals surface area contributed by atoms with Gasteiger partial charge in [0.1, 0.15) is 0 Å². The van der Waals surface area contributed by atoms with Gasteiger partial charge in [0.05, 0.1) is 0 Å². The lowest BCUT2D eigenvalue weighted by Crippen LogP contribution is -2.14. The summed E-state index contributed by atoms with van der Waals surface area (Å²) in [6.45, 7) is 1.72. The summed E-state index contributed by atoms with van der Waals surface area (Å²) < 4.78 is 36.7. The van der Waals surface area contributed by atoms with Gasteiger partial charge in [0.25, 0.3) is 5.91 Å². The first kappa shape index (κ1) is 17.3. The van der Waals surface area contributed by atoms with Crippen LogP contribution in [0, 0.1) is 6.92 Å². The number of carbonyl (C=O) groups excluding carboxylic acids is 1. The van der Waals surface area contributed by atoms with E-state index in [1.807, 2.05) is 12.1 Å². The SMILES string of the molecule is Cc1cc(C=CC(F)(F)F)ccc1C(=O)Nc1cccc2c1CCC2. The van der Waals surface area contributed by atoms with Gasteiger partial charge in [-0.1, -0.05) is 30.3 Å². The minimum Gasteiger partial charge on any atom is -0.322 e. The maximum atomic E-state index is 12.6. The highest BCUT2D eigenvalue weighted by Gasteiger charge is 2.22. The summed E-state index contributed by atoms with van der Waals surface area (Å²) in [5, 5.41) is 2.94. The molecule has 0 spiro atoms. The van der Waals surface area contributed by atoms with Gasteiger partial charge in [0.15, 0.2) is 0 Å². The Morgan fingerprint density at radius 2 is 1.96 bits per heavy atom. The van der Waals surface area contributed by atoms with Crippen LogP contribution < -0.4 is 5.32 Å². The highest BCUT2D eigenvalue weighted by molar-refractivity contribution is 6.05. The first-order chi connectivity index (χ1) is 11.8. The molecule has 0 heterocycles.